The number of hydrogen-bond acceptors (Lipinski definition) is 1. The van der Waals surface area contributed by atoms with E-state index in [2.05, 4.69) is 68.5 Å². The van der Waals surface area contributed by atoms with Gasteiger partial charge in [-0.25, -0.2) is 0 Å². The van der Waals surface area contributed by atoms with Gasteiger partial charge >= 0.3 is 0 Å². The molecule has 0 aromatic heterocycles. The summed E-state index contributed by atoms with van der Waals surface area (Å²) in [6, 6.07) is 6.45. The molecular formula is C28H39IO. The quantitative estimate of drug-likeness (QED) is 0.220. The molecule has 0 saturated heterocycles. The standard InChI is InChI=1S/C28H39IO/c1-18-15-19(2)17-20(16-18)25(30)24-8-7-22-21-9-14-28(29)12-6-5-11-27(28,4)23(21)10-13-26(22,24)3/h15-17,21-24H,5-14H2,1-4H3/t21-,22-,23-,24+,26?,27?,28-/m0/s1. The highest BCUT2D eigenvalue weighted by atomic mass is 127. The molecule has 0 spiro atoms. The Hall–Kier alpha value is -0.380. The van der Waals surface area contributed by atoms with Crippen molar-refractivity contribution < 1.29 is 4.79 Å². The molecule has 2 heteroatoms. The summed E-state index contributed by atoms with van der Waals surface area (Å²) >= 11 is 2.89. The van der Waals surface area contributed by atoms with E-state index in [-0.39, 0.29) is 11.3 Å². The maximum Gasteiger partial charge on any atom is 0.166 e. The van der Waals surface area contributed by atoms with E-state index >= 15 is 0 Å². The van der Waals surface area contributed by atoms with Crippen LogP contribution in [0.25, 0.3) is 0 Å². The second-order valence-corrected chi connectivity index (χ2v) is 14.0. The summed E-state index contributed by atoms with van der Waals surface area (Å²) in [5, 5.41) is 0. The molecule has 5 rings (SSSR count). The average Bonchev–Trinajstić information content (AvgIpc) is 3.04. The van der Waals surface area contributed by atoms with Crippen molar-refractivity contribution in [3.8, 4) is 0 Å². The van der Waals surface area contributed by atoms with Crippen LogP contribution < -0.4 is 0 Å². The molecule has 0 aliphatic heterocycles. The lowest BCUT2D eigenvalue weighted by atomic mass is 9.44. The number of aryl methyl sites for hydroxylation is 2. The van der Waals surface area contributed by atoms with Crippen molar-refractivity contribution in [2.24, 2.45) is 34.5 Å². The van der Waals surface area contributed by atoms with Crippen LogP contribution in [0.2, 0.25) is 0 Å². The van der Waals surface area contributed by atoms with Crippen LogP contribution in [0.1, 0.15) is 99.5 Å². The van der Waals surface area contributed by atoms with Crippen LogP contribution in [-0.4, -0.2) is 9.20 Å². The number of carbonyl (C=O) groups is 1. The highest BCUT2D eigenvalue weighted by Crippen LogP contribution is 2.70. The van der Waals surface area contributed by atoms with E-state index < -0.39 is 0 Å². The van der Waals surface area contributed by atoms with Gasteiger partial charge in [0.1, 0.15) is 0 Å². The van der Waals surface area contributed by atoms with Crippen LogP contribution in [-0.2, 0) is 0 Å². The number of Topliss-reactive ketones (excluding diaryl/α,β-unsaturated/α-hetero) is 1. The highest BCUT2D eigenvalue weighted by molar-refractivity contribution is 14.1. The second-order valence-electron chi connectivity index (χ2n) is 11.9. The van der Waals surface area contributed by atoms with Crippen LogP contribution in [0.4, 0.5) is 0 Å². The van der Waals surface area contributed by atoms with E-state index in [0.717, 1.165) is 29.7 Å². The van der Waals surface area contributed by atoms with Gasteiger partial charge in [-0.05, 0) is 106 Å². The number of fused-ring (bicyclic) bond motifs is 5. The molecule has 4 saturated carbocycles. The van der Waals surface area contributed by atoms with Gasteiger partial charge in [-0.15, -0.1) is 0 Å². The highest BCUT2D eigenvalue weighted by Gasteiger charge is 2.63. The molecule has 4 fully saturated rings. The number of benzene rings is 1. The van der Waals surface area contributed by atoms with Crippen molar-refractivity contribution in [3.63, 3.8) is 0 Å². The Bertz CT molecular complexity index is 840. The van der Waals surface area contributed by atoms with Crippen molar-refractivity contribution in [2.75, 3.05) is 0 Å². The zero-order chi connectivity index (χ0) is 21.3. The molecule has 1 nitrogen and oxygen atoms in total. The molecule has 4 aliphatic rings. The normalized spacial score (nSPS) is 45.4. The zero-order valence-corrected chi connectivity index (χ0v) is 21.6. The molecule has 7 atom stereocenters. The smallest absolute Gasteiger partial charge is 0.166 e. The number of hydrogen-bond donors (Lipinski definition) is 0. The average molecular weight is 519 g/mol. The summed E-state index contributed by atoms with van der Waals surface area (Å²) in [6.07, 6.45) is 13.6. The summed E-state index contributed by atoms with van der Waals surface area (Å²) in [7, 11) is 0. The van der Waals surface area contributed by atoms with Crippen molar-refractivity contribution in [1.82, 2.24) is 0 Å². The van der Waals surface area contributed by atoms with Gasteiger partial charge in [0.2, 0.25) is 0 Å². The predicted octanol–water partition coefficient (Wildman–Crippen LogP) is 8.09. The molecular weight excluding hydrogens is 479 g/mol. The summed E-state index contributed by atoms with van der Waals surface area (Å²) < 4.78 is 0.533. The molecule has 0 amide bonds. The number of alkyl halides is 1. The van der Waals surface area contributed by atoms with Gasteiger partial charge in [0, 0.05) is 14.9 Å². The monoisotopic (exact) mass is 518 g/mol. The van der Waals surface area contributed by atoms with E-state index in [1.807, 2.05) is 0 Å². The number of ketones is 1. The van der Waals surface area contributed by atoms with Crippen LogP contribution in [0.5, 0.6) is 0 Å². The summed E-state index contributed by atoms with van der Waals surface area (Å²) in [5.41, 5.74) is 4.14. The topological polar surface area (TPSA) is 17.1 Å². The molecule has 2 unspecified atom stereocenters. The maximum atomic E-state index is 13.7. The molecule has 164 valence electrons. The first-order valence-corrected chi connectivity index (χ1v) is 13.6. The largest absolute Gasteiger partial charge is 0.294 e. The molecule has 1 aromatic rings. The third-order valence-corrected chi connectivity index (χ3v) is 12.8. The Labute approximate surface area is 197 Å². The summed E-state index contributed by atoms with van der Waals surface area (Å²) in [5.74, 6) is 3.17. The fraction of sp³-hybridized carbons (Fsp3) is 0.750. The third-order valence-electron chi connectivity index (χ3n) is 10.5. The van der Waals surface area contributed by atoms with Gasteiger partial charge in [-0.1, -0.05) is 66.5 Å². The molecule has 0 bridgehead atoms. The first-order valence-electron chi connectivity index (χ1n) is 12.5. The van der Waals surface area contributed by atoms with Crippen molar-refractivity contribution in [2.45, 2.75) is 95.3 Å². The third kappa shape index (κ3) is 3.01. The zero-order valence-electron chi connectivity index (χ0n) is 19.4. The Morgan fingerprint density at radius 3 is 2.30 bits per heavy atom. The van der Waals surface area contributed by atoms with Crippen LogP contribution in [0.15, 0.2) is 18.2 Å². The molecule has 0 radical (unpaired) electrons. The van der Waals surface area contributed by atoms with Gasteiger partial charge in [0.05, 0.1) is 0 Å². The van der Waals surface area contributed by atoms with E-state index in [0.29, 0.717) is 14.6 Å². The summed E-state index contributed by atoms with van der Waals surface area (Å²) in [4.78, 5) is 13.7. The lowest BCUT2D eigenvalue weighted by molar-refractivity contribution is -0.0907. The van der Waals surface area contributed by atoms with E-state index in [1.165, 1.54) is 68.9 Å². The van der Waals surface area contributed by atoms with Gasteiger partial charge in [-0.2, -0.15) is 0 Å². The molecule has 30 heavy (non-hydrogen) atoms. The first-order chi connectivity index (χ1) is 14.2. The number of halogens is 1. The second kappa shape index (κ2) is 7.32. The molecule has 4 aliphatic carbocycles. The first kappa shape index (κ1) is 21.5. The van der Waals surface area contributed by atoms with Crippen LogP contribution in [0.3, 0.4) is 0 Å². The van der Waals surface area contributed by atoms with Gasteiger partial charge in [0.25, 0.3) is 0 Å². The lowest BCUT2D eigenvalue weighted by Crippen LogP contribution is -2.58. The summed E-state index contributed by atoms with van der Waals surface area (Å²) in [6.45, 7) is 9.40. The Morgan fingerprint density at radius 2 is 1.57 bits per heavy atom. The lowest BCUT2D eigenvalue weighted by Gasteiger charge is -2.63. The van der Waals surface area contributed by atoms with E-state index in [4.69, 9.17) is 0 Å². The number of rotatable bonds is 2. The minimum Gasteiger partial charge on any atom is -0.294 e. The molecule has 0 N–H and O–H groups in total. The van der Waals surface area contributed by atoms with Crippen molar-refractivity contribution >= 4 is 28.4 Å². The number of carbonyl (C=O) groups excluding carboxylic acids is 1. The van der Waals surface area contributed by atoms with Crippen molar-refractivity contribution in [3.05, 3.63) is 34.9 Å². The van der Waals surface area contributed by atoms with Gasteiger partial charge < -0.3 is 0 Å². The predicted molar refractivity (Wildman–Crippen MR) is 133 cm³/mol. The van der Waals surface area contributed by atoms with Gasteiger partial charge in [-0.3, -0.25) is 4.79 Å². The van der Waals surface area contributed by atoms with Crippen LogP contribution >= 0.6 is 22.6 Å². The van der Waals surface area contributed by atoms with Crippen molar-refractivity contribution in [1.29, 1.82) is 0 Å². The minimum atomic E-state index is 0.214. The SMILES string of the molecule is Cc1cc(C)cc(C(=O)[C@H]2CC[C@H]3[C@@H]4CC[C@@]5(I)CCCCC5(C)[C@H]4CCC23C)c1. The van der Waals surface area contributed by atoms with E-state index in [9.17, 15) is 4.79 Å². The molecule has 1 aromatic carbocycles. The van der Waals surface area contributed by atoms with E-state index in [1.54, 1.807) is 0 Å². The Kier molecular flexibility index (Phi) is 5.24. The minimum absolute atomic E-state index is 0.214. The fourth-order valence-corrected chi connectivity index (χ4v) is 10.3. The maximum absolute atomic E-state index is 13.7. The Morgan fingerprint density at radius 1 is 0.867 bits per heavy atom. The Balaban J connectivity index is 1.43. The van der Waals surface area contributed by atoms with Gasteiger partial charge in [0.15, 0.2) is 5.78 Å². The molecule has 0 heterocycles. The fourth-order valence-electron chi connectivity index (χ4n) is 8.96. The van der Waals surface area contributed by atoms with Crippen LogP contribution in [0, 0.1) is 48.3 Å².